The van der Waals surface area contributed by atoms with Gasteiger partial charge in [0.15, 0.2) is 0 Å². The van der Waals surface area contributed by atoms with Gasteiger partial charge in [-0.1, -0.05) is 11.6 Å². The molecular formula is C17H22ClFN2O2. The van der Waals surface area contributed by atoms with Crippen LogP contribution in [0.3, 0.4) is 0 Å². The van der Waals surface area contributed by atoms with E-state index in [4.69, 9.17) is 16.3 Å². The first-order chi connectivity index (χ1) is 11.1. The standard InChI is InChI=1S/C17H22ClFN2O2/c18-15-5-4-13(11-16(15)19)17(22)21-6-2-1-3-14(21)12-20-7-9-23-10-8-20/h4-5,11,14H,1-3,6-10,12H2/t14-/m0/s1. The number of carbonyl (C=O) groups excluding carboxylic acids is 1. The maximum atomic E-state index is 13.7. The molecule has 1 atom stereocenters. The molecule has 3 rings (SSSR count). The number of ether oxygens (including phenoxy) is 1. The van der Waals surface area contributed by atoms with Crippen molar-refractivity contribution in [3.63, 3.8) is 0 Å². The average Bonchev–Trinajstić information content (AvgIpc) is 2.58. The highest BCUT2D eigenvalue weighted by Crippen LogP contribution is 2.23. The third-order valence-electron chi connectivity index (χ3n) is 4.63. The van der Waals surface area contributed by atoms with Crippen LogP contribution in [0.5, 0.6) is 0 Å². The zero-order valence-corrected chi connectivity index (χ0v) is 13.9. The first-order valence-electron chi connectivity index (χ1n) is 8.21. The Hall–Kier alpha value is -1.17. The van der Waals surface area contributed by atoms with Gasteiger partial charge in [0.2, 0.25) is 0 Å². The summed E-state index contributed by atoms with van der Waals surface area (Å²) < 4.78 is 19.0. The first kappa shape index (κ1) is 16.7. The van der Waals surface area contributed by atoms with Gasteiger partial charge in [-0.05, 0) is 37.5 Å². The molecule has 2 aliphatic heterocycles. The van der Waals surface area contributed by atoms with E-state index in [1.807, 2.05) is 4.90 Å². The van der Waals surface area contributed by atoms with Crippen molar-refractivity contribution in [3.8, 4) is 0 Å². The van der Waals surface area contributed by atoms with Crippen molar-refractivity contribution in [2.24, 2.45) is 0 Å². The summed E-state index contributed by atoms with van der Waals surface area (Å²) in [5, 5.41) is 0.0464. The number of piperidine rings is 1. The minimum absolute atomic E-state index is 0.0464. The van der Waals surface area contributed by atoms with Gasteiger partial charge in [-0.15, -0.1) is 0 Å². The first-order valence-corrected chi connectivity index (χ1v) is 8.59. The molecule has 2 heterocycles. The molecule has 23 heavy (non-hydrogen) atoms. The minimum Gasteiger partial charge on any atom is -0.379 e. The maximum Gasteiger partial charge on any atom is 0.254 e. The summed E-state index contributed by atoms with van der Waals surface area (Å²) in [6, 6.07) is 4.48. The van der Waals surface area contributed by atoms with E-state index >= 15 is 0 Å². The number of halogens is 2. The maximum absolute atomic E-state index is 13.7. The smallest absolute Gasteiger partial charge is 0.254 e. The van der Waals surface area contributed by atoms with Crippen molar-refractivity contribution in [3.05, 3.63) is 34.6 Å². The van der Waals surface area contributed by atoms with Crippen LogP contribution in [0.1, 0.15) is 29.6 Å². The van der Waals surface area contributed by atoms with Gasteiger partial charge >= 0.3 is 0 Å². The van der Waals surface area contributed by atoms with E-state index in [1.54, 1.807) is 6.07 Å². The predicted molar refractivity (Wildman–Crippen MR) is 87.3 cm³/mol. The quantitative estimate of drug-likeness (QED) is 0.848. The molecule has 0 saturated carbocycles. The number of amides is 1. The molecule has 0 bridgehead atoms. The van der Waals surface area contributed by atoms with Gasteiger partial charge in [-0.3, -0.25) is 9.69 Å². The Balaban J connectivity index is 1.71. The zero-order valence-electron chi connectivity index (χ0n) is 13.1. The van der Waals surface area contributed by atoms with Crippen LogP contribution >= 0.6 is 11.6 Å². The van der Waals surface area contributed by atoms with Gasteiger partial charge in [0, 0.05) is 37.8 Å². The van der Waals surface area contributed by atoms with Gasteiger partial charge in [-0.2, -0.15) is 0 Å². The highest BCUT2D eigenvalue weighted by atomic mass is 35.5. The average molecular weight is 341 g/mol. The van der Waals surface area contributed by atoms with E-state index in [0.29, 0.717) is 5.56 Å². The van der Waals surface area contributed by atoms with Crippen LogP contribution < -0.4 is 0 Å². The Labute approximate surface area is 141 Å². The molecule has 1 aromatic carbocycles. The Morgan fingerprint density at radius 3 is 2.78 bits per heavy atom. The lowest BCUT2D eigenvalue weighted by molar-refractivity contribution is 0.0166. The number of benzene rings is 1. The van der Waals surface area contributed by atoms with Crippen LogP contribution in [0.15, 0.2) is 18.2 Å². The summed E-state index contributed by atoms with van der Waals surface area (Å²) in [7, 11) is 0. The molecule has 0 spiro atoms. The summed E-state index contributed by atoms with van der Waals surface area (Å²) in [4.78, 5) is 17.0. The number of nitrogens with zero attached hydrogens (tertiary/aromatic N) is 2. The van der Waals surface area contributed by atoms with Gasteiger partial charge in [0.05, 0.1) is 18.2 Å². The second-order valence-electron chi connectivity index (χ2n) is 6.19. The lowest BCUT2D eigenvalue weighted by atomic mass is 10.00. The number of carbonyl (C=O) groups is 1. The van der Waals surface area contributed by atoms with E-state index < -0.39 is 5.82 Å². The van der Waals surface area contributed by atoms with Crippen molar-refractivity contribution >= 4 is 17.5 Å². The normalized spacial score (nSPS) is 23.0. The van der Waals surface area contributed by atoms with E-state index in [1.165, 1.54) is 12.1 Å². The molecule has 0 radical (unpaired) electrons. The van der Waals surface area contributed by atoms with Crippen molar-refractivity contribution in [2.75, 3.05) is 39.4 Å². The molecule has 2 fully saturated rings. The molecular weight excluding hydrogens is 319 g/mol. The number of hydrogen-bond acceptors (Lipinski definition) is 3. The molecule has 1 aromatic rings. The number of likely N-dealkylation sites (tertiary alicyclic amines) is 1. The van der Waals surface area contributed by atoms with Crippen molar-refractivity contribution in [2.45, 2.75) is 25.3 Å². The van der Waals surface area contributed by atoms with E-state index in [-0.39, 0.29) is 17.0 Å². The van der Waals surface area contributed by atoms with Gasteiger partial charge in [0.25, 0.3) is 5.91 Å². The molecule has 2 saturated heterocycles. The SMILES string of the molecule is O=C(c1ccc(Cl)c(F)c1)N1CCCC[C@H]1CN1CCOCC1. The van der Waals surface area contributed by atoms with Gasteiger partial charge in [-0.25, -0.2) is 4.39 Å². The van der Waals surface area contributed by atoms with Gasteiger partial charge < -0.3 is 9.64 Å². The van der Waals surface area contributed by atoms with Crippen molar-refractivity contribution in [1.29, 1.82) is 0 Å². The molecule has 0 unspecified atom stereocenters. The van der Waals surface area contributed by atoms with Crippen LogP contribution in [-0.4, -0.2) is 61.1 Å². The topological polar surface area (TPSA) is 32.8 Å². The van der Waals surface area contributed by atoms with E-state index in [0.717, 1.165) is 58.7 Å². The number of hydrogen-bond donors (Lipinski definition) is 0. The molecule has 0 N–H and O–H groups in total. The van der Waals surface area contributed by atoms with E-state index in [2.05, 4.69) is 4.90 Å². The van der Waals surface area contributed by atoms with Crippen LogP contribution in [0.25, 0.3) is 0 Å². The predicted octanol–water partition coefficient (Wildman–Crippen LogP) is 2.81. The number of rotatable bonds is 3. The Bertz CT molecular complexity index is 564. The summed E-state index contributed by atoms with van der Waals surface area (Å²) in [5.74, 6) is -0.641. The third kappa shape index (κ3) is 4.03. The molecule has 0 aromatic heterocycles. The van der Waals surface area contributed by atoms with Crippen molar-refractivity contribution in [1.82, 2.24) is 9.80 Å². The summed E-state index contributed by atoms with van der Waals surface area (Å²) in [6.45, 7) is 4.93. The highest BCUT2D eigenvalue weighted by Gasteiger charge is 2.29. The largest absolute Gasteiger partial charge is 0.379 e. The molecule has 1 amide bonds. The number of morpholine rings is 1. The fourth-order valence-corrected chi connectivity index (χ4v) is 3.45. The Morgan fingerprint density at radius 1 is 1.26 bits per heavy atom. The summed E-state index contributed by atoms with van der Waals surface area (Å²) in [6.07, 6.45) is 3.13. The lowest BCUT2D eigenvalue weighted by Crippen LogP contribution is -2.51. The fourth-order valence-electron chi connectivity index (χ4n) is 3.33. The third-order valence-corrected chi connectivity index (χ3v) is 4.93. The van der Waals surface area contributed by atoms with Crippen LogP contribution in [0, 0.1) is 5.82 Å². The minimum atomic E-state index is -0.542. The summed E-state index contributed by atoms with van der Waals surface area (Å²) in [5.41, 5.74) is 0.376. The molecule has 6 heteroatoms. The second kappa shape index (κ2) is 7.60. The molecule has 4 nitrogen and oxygen atoms in total. The monoisotopic (exact) mass is 340 g/mol. The van der Waals surface area contributed by atoms with E-state index in [9.17, 15) is 9.18 Å². The Kier molecular flexibility index (Phi) is 5.51. The van der Waals surface area contributed by atoms with Crippen LogP contribution in [0.2, 0.25) is 5.02 Å². The molecule has 2 aliphatic rings. The second-order valence-corrected chi connectivity index (χ2v) is 6.60. The van der Waals surface area contributed by atoms with Crippen LogP contribution in [0.4, 0.5) is 4.39 Å². The van der Waals surface area contributed by atoms with Crippen LogP contribution in [-0.2, 0) is 4.74 Å². The molecule has 0 aliphatic carbocycles. The van der Waals surface area contributed by atoms with Crippen molar-refractivity contribution < 1.29 is 13.9 Å². The molecule has 126 valence electrons. The highest BCUT2D eigenvalue weighted by molar-refractivity contribution is 6.30. The fraction of sp³-hybridized carbons (Fsp3) is 0.588. The lowest BCUT2D eigenvalue weighted by Gasteiger charge is -2.39. The summed E-state index contributed by atoms with van der Waals surface area (Å²) >= 11 is 5.71. The zero-order chi connectivity index (χ0) is 16.2. The van der Waals surface area contributed by atoms with Gasteiger partial charge in [0.1, 0.15) is 5.82 Å². The Morgan fingerprint density at radius 2 is 2.04 bits per heavy atom.